The van der Waals surface area contributed by atoms with Crippen LogP contribution in [0.25, 0.3) is 0 Å². The minimum atomic E-state index is 0.0824. The van der Waals surface area contributed by atoms with Crippen molar-refractivity contribution in [2.24, 2.45) is 4.99 Å². The first-order valence-corrected chi connectivity index (χ1v) is 9.92. The third kappa shape index (κ3) is 4.27. The predicted molar refractivity (Wildman–Crippen MR) is 117 cm³/mol. The third-order valence-electron chi connectivity index (χ3n) is 5.33. The van der Waals surface area contributed by atoms with Crippen LogP contribution in [0, 0.1) is 0 Å². The van der Waals surface area contributed by atoms with Gasteiger partial charge in [-0.2, -0.15) is 0 Å². The Morgan fingerprint density at radius 3 is 2.07 bits per heavy atom. The molecule has 2 atom stereocenters. The van der Waals surface area contributed by atoms with Crippen molar-refractivity contribution in [3.05, 3.63) is 95.6 Å². The molecule has 0 aliphatic carbocycles. The molecule has 0 bridgehead atoms. The largest absolute Gasteiger partial charge is 0.493 e. The van der Waals surface area contributed by atoms with Crippen molar-refractivity contribution in [3.63, 3.8) is 0 Å². The SMILES string of the molecule is COc1ccc(CCC2=N[C@@H](c3ccccc3)[C@@H](c3ccccc3)N2)cc1OC. The summed E-state index contributed by atoms with van der Waals surface area (Å²) in [5.41, 5.74) is 3.69. The van der Waals surface area contributed by atoms with Gasteiger partial charge in [0.05, 0.1) is 26.1 Å². The van der Waals surface area contributed by atoms with Gasteiger partial charge in [0.15, 0.2) is 11.5 Å². The smallest absolute Gasteiger partial charge is 0.160 e. The van der Waals surface area contributed by atoms with E-state index in [1.807, 2.05) is 18.2 Å². The van der Waals surface area contributed by atoms with Crippen molar-refractivity contribution in [1.29, 1.82) is 0 Å². The van der Waals surface area contributed by atoms with Crippen molar-refractivity contribution in [2.45, 2.75) is 24.9 Å². The molecule has 4 rings (SSSR count). The van der Waals surface area contributed by atoms with Gasteiger partial charge in [0, 0.05) is 6.42 Å². The molecule has 3 aromatic carbocycles. The Morgan fingerprint density at radius 2 is 1.41 bits per heavy atom. The zero-order valence-electron chi connectivity index (χ0n) is 16.8. The van der Waals surface area contributed by atoms with Crippen LogP contribution >= 0.6 is 0 Å². The van der Waals surface area contributed by atoms with E-state index in [2.05, 4.69) is 66.0 Å². The number of nitrogens with zero attached hydrogens (tertiary/aromatic N) is 1. The molecule has 0 amide bonds. The predicted octanol–water partition coefficient (Wildman–Crippen LogP) is 5.12. The molecule has 0 saturated heterocycles. The molecule has 0 unspecified atom stereocenters. The maximum atomic E-state index is 5.43. The number of aryl methyl sites for hydroxylation is 1. The summed E-state index contributed by atoms with van der Waals surface area (Å²) in [5, 5.41) is 3.67. The first-order chi connectivity index (χ1) is 14.3. The molecule has 1 heterocycles. The van der Waals surface area contributed by atoms with Gasteiger partial charge in [-0.3, -0.25) is 4.99 Å². The molecule has 0 fully saturated rings. The van der Waals surface area contributed by atoms with Crippen LogP contribution in [0.4, 0.5) is 0 Å². The maximum absolute atomic E-state index is 5.43. The number of hydrogen-bond donors (Lipinski definition) is 1. The second-order valence-corrected chi connectivity index (χ2v) is 7.15. The Balaban J connectivity index is 1.53. The maximum Gasteiger partial charge on any atom is 0.160 e. The fourth-order valence-electron chi connectivity index (χ4n) is 3.82. The number of methoxy groups -OCH3 is 2. The summed E-state index contributed by atoms with van der Waals surface area (Å²) in [6, 6.07) is 27.4. The van der Waals surface area contributed by atoms with Gasteiger partial charge in [-0.1, -0.05) is 66.7 Å². The molecule has 0 radical (unpaired) electrons. The Kier molecular flexibility index (Phi) is 5.80. The molecular formula is C25H26N2O2. The molecular weight excluding hydrogens is 360 g/mol. The van der Waals surface area contributed by atoms with Crippen LogP contribution < -0.4 is 14.8 Å². The van der Waals surface area contributed by atoms with E-state index >= 15 is 0 Å². The van der Waals surface area contributed by atoms with E-state index < -0.39 is 0 Å². The number of nitrogens with one attached hydrogen (secondary N) is 1. The lowest BCUT2D eigenvalue weighted by Gasteiger charge is -2.19. The number of ether oxygens (including phenoxy) is 2. The van der Waals surface area contributed by atoms with E-state index in [9.17, 15) is 0 Å². The standard InChI is InChI=1S/C25H26N2O2/c1-28-21-15-13-18(17-22(21)29-2)14-16-23-26-24(19-9-5-3-6-10-19)25(27-23)20-11-7-4-8-12-20/h3-13,15,17,24-25H,14,16H2,1-2H3,(H,26,27)/t24-,25+. The highest BCUT2D eigenvalue weighted by Gasteiger charge is 2.30. The summed E-state index contributed by atoms with van der Waals surface area (Å²) in [7, 11) is 3.32. The van der Waals surface area contributed by atoms with E-state index in [4.69, 9.17) is 14.5 Å². The van der Waals surface area contributed by atoms with Gasteiger partial charge in [-0.25, -0.2) is 0 Å². The Hall–Kier alpha value is -3.27. The summed E-state index contributed by atoms with van der Waals surface area (Å²) in [6.45, 7) is 0. The minimum Gasteiger partial charge on any atom is -0.493 e. The highest BCUT2D eigenvalue weighted by atomic mass is 16.5. The normalized spacial score (nSPS) is 18.1. The third-order valence-corrected chi connectivity index (χ3v) is 5.33. The Morgan fingerprint density at radius 1 is 0.759 bits per heavy atom. The highest BCUT2D eigenvalue weighted by molar-refractivity contribution is 5.85. The number of rotatable bonds is 7. The van der Waals surface area contributed by atoms with Gasteiger partial charge in [0.1, 0.15) is 6.04 Å². The average Bonchev–Trinajstić information content (AvgIpc) is 3.23. The van der Waals surface area contributed by atoms with Crippen LogP contribution in [-0.2, 0) is 6.42 Å². The quantitative estimate of drug-likeness (QED) is 0.613. The van der Waals surface area contributed by atoms with Crippen LogP contribution in [0.2, 0.25) is 0 Å². The summed E-state index contributed by atoms with van der Waals surface area (Å²) in [5.74, 6) is 2.55. The summed E-state index contributed by atoms with van der Waals surface area (Å²) in [6.07, 6.45) is 1.73. The first-order valence-electron chi connectivity index (χ1n) is 9.92. The molecule has 1 N–H and O–H groups in total. The molecule has 0 aromatic heterocycles. The van der Waals surface area contributed by atoms with Crippen LogP contribution in [-0.4, -0.2) is 20.1 Å². The van der Waals surface area contributed by atoms with Crippen LogP contribution in [0.1, 0.15) is 35.2 Å². The molecule has 3 aromatic rings. The number of aliphatic imine (C=N–C) groups is 1. The second-order valence-electron chi connectivity index (χ2n) is 7.15. The molecule has 29 heavy (non-hydrogen) atoms. The Labute approximate surface area is 172 Å². The second kappa shape index (κ2) is 8.82. The highest BCUT2D eigenvalue weighted by Crippen LogP contribution is 2.36. The van der Waals surface area contributed by atoms with Crippen molar-refractivity contribution in [2.75, 3.05) is 14.2 Å². The zero-order valence-corrected chi connectivity index (χ0v) is 16.8. The summed E-state index contributed by atoms with van der Waals surface area (Å²) >= 11 is 0. The van der Waals surface area contributed by atoms with Gasteiger partial charge in [-0.05, 0) is 35.2 Å². The van der Waals surface area contributed by atoms with E-state index in [0.29, 0.717) is 0 Å². The van der Waals surface area contributed by atoms with Gasteiger partial charge in [0.2, 0.25) is 0 Å². The van der Waals surface area contributed by atoms with Gasteiger partial charge in [0.25, 0.3) is 0 Å². The van der Waals surface area contributed by atoms with E-state index in [1.54, 1.807) is 14.2 Å². The van der Waals surface area contributed by atoms with Crippen LogP contribution in [0.3, 0.4) is 0 Å². The molecule has 4 nitrogen and oxygen atoms in total. The van der Waals surface area contributed by atoms with Crippen molar-refractivity contribution < 1.29 is 9.47 Å². The van der Waals surface area contributed by atoms with Gasteiger partial charge < -0.3 is 14.8 Å². The lowest BCUT2D eigenvalue weighted by atomic mass is 9.95. The topological polar surface area (TPSA) is 42.8 Å². The van der Waals surface area contributed by atoms with Gasteiger partial charge in [-0.15, -0.1) is 0 Å². The monoisotopic (exact) mass is 386 g/mol. The van der Waals surface area contributed by atoms with Crippen LogP contribution in [0.5, 0.6) is 11.5 Å². The number of hydrogen-bond acceptors (Lipinski definition) is 4. The fraction of sp³-hybridized carbons (Fsp3) is 0.240. The molecule has 0 saturated carbocycles. The minimum absolute atomic E-state index is 0.0824. The van der Waals surface area contributed by atoms with Crippen molar-refractivity contribution in [3.8, 4) is 11.5 Å². The lowest BCUT2D eigenvalue weighted by molar-refractivity contribution is 0.354. The summed E-state index contributed by atoms with van der Waals surface area (Å²) < 4.78 is 10.8. The molecule has 1 aliphatic heterocycles. The van der Waals surface area contributed by atoms with E-state index in [-0.39, 0.29) is 12.1 Å². The van der Waals surface area contributed by atoms with E-state index in [1.165, 1.54) is 16.7 Å². The van der Waals surface area contributed by atoms with Crippen molar-refractivity contribution in [1.82, 2.24) is 5.32 Å². The van der Waals surface area contributed by atoms with Gasteiger partial charge >= 0.3 is 0 Å². The number of benzene rings is 3. The molecule has 0 spiro atoms. The fourth-order valence-corrected chi connectivity index (χ4v) is 3.82. The first kappa shape index (κ1) is 19.1. The zero-order chi connectivity index (χ0) is 20.1. The average molecular weight is 386 g/mol. The summed E-state index contributed by atoms with van der Waals surface area (Å²) in [4.78, 5) is 5.06. The van der Waals surface area contributed by atoms with E-state index in [0.717, 1.165) is 30.2 Å². The molecule has 4 heteroatoms. The van der Waals surface area contributed by atoms with Crippen molar-refractivity contribution >= 4 is 5.84 Å². The Bertz CT molecular complexity index is 971. The molecule has 148 valence electrons. The molecule has 1 aliphatic rings. The lowest BCUT2D eigenvalue weighted by Crippen LogP contribution is -2.24. The number of amidine groups is 1. The van der Waals surface area contributed by atoms with Crippen LogP contribution in [0.15, 0.2) is 83.9 Å².